The maximum atomic E-state index is 13.1. The Balaban J connectivity index is 1.68. The lowest BCUT2D eigenvalue weighted by Crippen LogP contribution is -2.50. The molecule has 1 aliphatic rings. The number of fused-ring (bicyclic) bond motifs is 1. The van der Waals surface area contributed by atoms with Crippen LogP contribution in [-0.4, -0.2) is 47.7 Å². The summed E-state index contributed by atoms with van der Waals surface area (Å²) in [5.41, 5.74) is 2.18. The van der Waals surface area contributed by atoms with Gasteiger partial charge in [0.1, 0.15) is 16.9 Å². The highest BCUT2D eigenvalue weighted by Crippen LogP contribution is 2.26. The Morgan fingerprint density at radius 1 is 1.26 bits per heavy atom. The van der Waals surface area contributed by atoms with Gasteiger partial charge in [0.05, 0.1) is 13.1 Å². The van der Waals surface area contributed by atoms with Gasteiger partial charge in [-0.15, -0.1) is 21.5 Å². The summed E-state index contributed by atoms with van der Waals surface area (Å²) in [6.07, 6.45) is 0. The Kier molecular flexibility index (Phi) is 4.23. The van der Waals surface area contributed by atoms with Gasteiger partial charge in [-0.2, -0.15) is 0 Å². The van der Waals surface area contributed by atoms with E-state index in [2.05, 4.69) is 15.2 Å². The number of rotatable bonds is 3. The van der Waals surface area contributed by atoms with Crippen LogP contribution in [0.3, 0.4) is 0 Å². The summed E-state index contributed by atoms with van der Waals surface area (Å²) in [7, 11) is 0. The molecule has 1 amide bonds. The molecule has 0 fully saturated rings. The number of benzene rings is 1. The molecule has 1 aromatic carbocycles. The number of hydrogen-bond acceptors (Lipinski definition) is 6. The van der Waals surface area contributed by atoms with Gasteiger partial charge in [-0.1, -0.05) is 12.1 Å². The quantitative estimate of drug-likeness (QED) is 0.743. The van der Waals surface area contributed by atoms with Crippen LogP contribution in [-0.2, 0) is 17.9 Å². The third kappa shape index (κ3) is 3.10. The Bertz CT molecular complexity index is 1040. The summed E-state index contributed by atoms with van der Waals surface area (Å²) in [5.74, 6) is -0.159. The summed E-state index contributed by atoms with van der Waals surface area (Å²) in [6.45, 7) is 3.93. The zero-order chi connectivity index (χ0) is 19.1. The van der Waals surface area contributed by atoms with E-state index in [9.17, 15) is 14.7 Å². The lowest BCUT2D eigenvalue weighted by atomic mass is 10.1. The van der Waals surface area contributed by atoms with Crippen molar-refractivity contribution < 1.29 is 14.7 Å². The molecule has 3 aromatic rings. The van der Waals surface area contributed by atoms with Gasteiger partial charge in [0.2, 0.25) is 0 Å². The molecule has 1 N–H and O–H groups in total. The Hall–Kier alpha value is -3.07. The van der Waals surface area contributed by atoms with Crippen molar-refractivity contribution in [1.29, 1.82) is 0 Å². The lowest BCUT2D eigenvalue weighted by Gasteiger charge is -2.33. The Morgan fingerprint density at radius 2 is 2.07 bits per heavy atom. The Labute approximate surface area is 159 Å². The first-order valence-corrected chi connectivity index (χ1v) is 9.27. The molecule has 1 unspecified atom stereocenters. The molecule has 0 radical (unpaired) electrons. The number of aromatic nitrogens is 4. The van der Waals surface area contributed by atoms with E-state index in [4.69, 9.17) is 0 Å². The smallest absolute Gasteiger partial charge is 0.328 e. The van der Waals surface area contributed by atoms with E-state index in [1.165, 1.54) is 16.2 Å². The largest absolute Gasteiger partial charge is 0.480 e. The van der Waals surface area contributed by atoms with Gasteiger partial charge in [0, 0.05) is 22.2 Å². The number of hydrogen-bond donors (Lipinski definition) is 1. The highest BCUT2D eigenvalue weighted by Gasteiger charge is 2.36. The Morgan fingerprint density at radius 3 is 2.78 bits per heavy atom. The van der Waals surface area contributed by atoms with Crippen molar-refractivity contribution in [3.8, 4) is 10.6 Å². The molecule has 0 aliphatic carbocycles. The molecule has 1 atom stereocenters. The standard InChI is InChI=1S/C18H17N5O3S/c1-10-9-27-16(19-10)12-4-3-5-13(6-12)17(24)23-8-15-21-20-11(2)22(15)7-14(23)18(25)26/h3-6,9,14H,7-8H2,1-2H3,(H,25,26). The van der Waals surface area contributed by atoms with Gasteiger partial charge in [0.15, 0.2) is 5.82 Å². The first-order chi connectivity index (χ1) is 12.9. The van der Waals surface area contributed by atoms with Crippen LogP contribution in [0.15, 0.2) is 29.6 Å². The number of aryl methyl sites for hydroxylation is 2. The van der Waals surface area contributed by atoms with Gasteiger partial charge in [-0.05, 0) is 26.0 Å². The normalized spacial score (nSPS) is 16.2. The zero-order valence-electron chi connectivity index (χ0n) is 14.8. The number of aliphatic carboxylic acids is 1. The van der Waals surface area contributed by atoms with Crippen LogP contribution in [0.2, 0.25) is 0 Å². The first kappa shape index (κ1) is 17.3. The van der Waals surface area contributed by atoms with Crippen molar-refractivity contribution in [1.82, 2.24) is 24.6 Å². The molecule has 4 rings (SSSR count). The summed E-state index contributed by atoms with van der Waals surface area (Å²) >= 11 is 1.51. The van der Waals surface area contributed by atoms with E-state index in [1.54, 1.807) is 29.7 Å². The molecule has 0 bridgehead atoms. The summed E-state index contributed by atoms with van der Waals surface area (Å²) in [5, 5.41) is 20.5. The van der Waals surface area contributed by atoms with Crippen molar-refractivity contribution in [2.24, 2.45) is 0 Å². The summed E-state index contributed by atoms with van der Waals surface area (Å²) < 4.78 is 1.75. The van der Waals surface area contributed by atoms with Gasteiger partial charge >= 0.3 is 5.97 Å². The van der Waals surface area contributed by atoms with Crippen LogP contribution in [0.1, 0.15) is 27.7 Å². The van der Waals surface area contributed by atoms with Crippen LogP contribution >= 0.6 is 11.3 Å². The number of nitrogens with zero attached hydrogens (tertiary/aromatic N) is 5. The van der Waals surface area contributed by atoms with E-state index in [-0.39, 0.29) is 19.0 Å². The third-order valence-corrected chi connectivity index (χ3v) is 5.59. The minimum atomic E-state index is -1.05. The minimum absolute atomic E-state index is 0.108. The van der Waals surface area contributed by atoms with Gasteiger partial charge in [-0.3, -0.25) is 4.79 Å². The molecule has 8 nitrogen and oxygen atoms in total. The number of carboxylic acids is 1. The van der Waals surface area contributed by atoms with E-state index < -0.39 is 12.0 Å². The van der Waals surface area contributed by atoms with Gasteiger partial charge in [0.25, 0.3) is 5.91 Å². The van der Waals surface area contributed by atoms with Crippen LogP contribution in [0.5, 0.6) is 0 Å². The van der Waals surface area contributed by atoms with E-state index >= 15 is 0 Å². The topological polar surface area (TPSA) is 101 Å². The van der Waals surface area contributed by atoms with Crippen molar-refractivity contribution in [2.75, 3.05) is 0 Å². The maximum Gasteiger partial charge on any atom is 0.328 e. The molecule has 0 saturated heterocycles. The number of carbonyl (C=O) groups is 2. The molecule has 0 saturated carbocycles. The SMILES string of the molecule is Cc1csc(-c2cccc(C(=O)N3Cc4nnc(C)n4CC3C(=O)O)c2)n1. The molecular formula is C18H17N5O3S. The predicted octanol–water partition coefficient (Wildman–Crippen LogP) is 2.13. The first-order valence-electron chi connectivity index (χ1n) is 8.39. The average molecular weight is 383 g/mol. The van der Waals surface area contributed by atoms with Gasteiger partial charge in [-0.25, -0.2) is 9.78 Å². The third-order valence-electron chi connectivity index (χ3n) is 4.58. The number of carbonyl (C=O) groups excluding carboxylic acids is 1. The molecule has 27 heavy (non-hydrogen) atoms. The molecule has 2 aromatic heterocycles. The van der Waals surface area contributed by atoms with Gasteiger partial charge < -0.3 is 14.6 Å². The second-order valence-electron chi connectivity index (χ2n) is 6.44. The predicted molar refractivity (Wildman–Crippen MR) is 98.3 cm³/mol. The van der Waals surface area contributed by atoms with Crippen LogP contribution in [0, 0.1) is 13.8 Å². The van der Waals surface area contributed by atoms with Crippen molar-refractivity contribution in [3.05, 3.63) is 52.6 Å². The van der Waals surface area contributed by atoms with Crippen LogP contribution < -0.4 is 0 Å². The number of amides is 1. The molecule has 1 aliphatic heterocycles. The second kappa shape index (κ2) is 6.58. The molecule has 0 spiro atoms. The summed E-state index contributed by atoms with van der Waals surface area (Å²) in [4.78, 5) is 30.7. The van der Waals surface area contributed by atoms with E-state index in [0.717, 1.165) is 16.3 Å². The fraction of sp³-hybridized carbons (Fsp3) is 0.278. The molecule has 138 valence electrons. The average Bonchev–Trinajstić information content (AvgIpc) is 3.26. The van der Waals surface area contributed by atoms with Crippen molar-refractivity contribution >= 4 is 23.2 Å². The maximum absolute atomic E-state index is 13.1. The molecule has 3 heterocycles. The zero-order valence-corrected chi connectivity index (χ0v) is 15.6. The highest BCUT2D eigenvalue weighted by atomic mass is 32.1. The van der Waals surface area contributed by atoms with Crippen molar-refractivity contribution in [3.63, 3.8) is 0 Å². The minimum Gasteiger partial charge on any atom is -0.480 e. The summed E-state index contributed by atoms with van der Waals surface area (Å²) in [6, 6.07) is 6.15. The monoisotopic (exact) mass is 383 g/mol. The van der Waals surface area contributed by atoms with Crippen molar-refractivity contribution in [2.45, 2.75) is 33.0 Å². The molecule has 9 heteroatoms. The fourth-order valence-corrected chi connectivity index (χ4v) is 3.97. The highest BCUT2D eigenvalue weighted by molar-refractivity contribution is 7.13. The number of thiazole rings is 1. The number of carboxylic acid groups (broad SMARTS) is 1. The van der Waals surface area contributed by atoms with E-state index in [1.807, 2.05) is 18.4 Å². The van der Waals surface area contributed by atoms with Crippen LogP contribution in [0.4, 0.5) is 0 Å². The van der Waals surface area contributed by atoms with E-state index in [0.29, 0.717) is 17.2 Å². The fourth-order valence-electron chi connectivity index (χ4n) is 3.18. The lowest BCUT2D eigenvalue weighted by molar-refractivity contribution is -0.143. The molecular weight excluding hydrogens is 366 g/mol. The van der Waals surface area contributed by atoms with Crippen LogP contribution in [0.25, 0.3) is 10.6 Å². The second-order valence-corrected chi connectivity index (χ2v) is 7.29.